The molecular weight excluding hydrogens is 300 g/mol. The summed E-state index contributed by atoms with van der Waals surface area (Å²) in [5.74, 6) is 0.149. The molecule has 0 spiro atoms. The number of piperidine rings is 1. The van der Waals surface area contributed by atoms with E-state index in [2.05, 4.69) is 30.9 Å². The summed E-state index contributed by atoms with van der Waals surface area (Å²) in [6.07, 6.45) is 4.80. The van der Waals surface area contributed by atoms with Gasteiger partial charge in [-0.05, 0) is 38.2 Å². The average Bonchev–Trinajstić information content (AvgIpc) is 2.95. The van der Waals surface area contributed by atoms with Crippen LogP contribution in [-0.2, 0) is 16.1 Å². The minimum Gasteiger partial charge on any atom is -0.339 e. The van der Waals surface area contributed by atoms with Crippen molar-refractivity contribution in [2.24, 2.45) is 5.92 Å². The predicted octanol–water partition coefficient (Wildman–Crippen LogP) is 3.13. The normalized spacial score (nSPS) is 24.5. The first kappa shape index (κ1) is 17.0. The van der Waals surface area contributed by atoms with E-state index < -0.39 is 0 Å². The minimum atomic E-state index is -0.158. The molecule has 0 bridgehead atoms. The number of likely N-dealkylation sites (tertiary alicyclic amines) is 2. The monoisotopic (exact) mass is 328 g/mol. The van der Waals surface area contributed by atoms with Gasteiger partial charge in [0.05, 0.1) is 5.92 Å². The maximum absolute atomic E-state index is 12.9. The Morgan fingerprint density at radius 2 is 2.12 bits per heavy atom. The zero-order valence-corrected chi connectivity index (χ0v) is 14.8. The van der Waals surface area contributed by atoms with Crippen molar-refractivity contribution >= 4 is 11.8 Å². The Labute approximate surface area is 144 Å². The Hall–Kier alpha value is -1.84. The minimum absolute atomic E-state index is 0.111. The molecule has 4 nitrogen and oxygen atoms in total. The molecule has 2 heterocycles. The second kappa shape index (κ2) is 7.37. The second-order valence-electron chi connectivity index (χ2n) is 7.25. The third-order valence-corrected chi connectivity index (χ3v) is 5.40. The van der Waals surface area contributed by atoms with E-state index in [-0.39, 0.29) is 17.7 Å². The number of hydrogen-bond donors (Lipinski definition) is 0. The van der Waals surface area contributed by atoms with Crippen molar-refractivity contribution in [3.8, 4) is 0 Å². The van der Waals surface area contributed by atoms with E-state index in [0.29, 0.717) is 25.6 Å². The van der Waals surface area contributed by atoms with Crippen LogP contribution in [0.15, 0.2) is 24.3 Å². The average molecular weight is 328 g/mol. The number of aryl methyl sites for hydroxylation is 1. The Kier molecular flexibility index (Phi) is 5.22. The topological polar surface area (TPSA) is 40.6 Å². The number of amides is 2. The molecule has 2 atom stereocenters. The molecule has 2 amide bonds. The molecule has 1 aromatic carbocycles. The van der Waals surface area contributed by atoms with Gasteiger partial charge < -0.3 is 9.80 Å². The number of carbonyl (C=O) groups excluding carboxylic acids is 2. The molecule has 0 radical (unpaired) electrons. The Balaban J connectivity index is 1.64. The van der Waals surface area contributed by atoms with E-state index in [4.69, 9.17) is 0 Å². The molecule has 2 saturated heterocycles. The fourth-order valence-electron chi connectivity index (χ4n) is 4.07. The number of carbonyl (C=O) groups is 2. The molecule has 4 heteroatoms. The van der Waals surface area contributed by atoms with E-state index in [1.807, 2.05) is 17.0 Å². The van der Waals surface area contributed by atoms with Crippen LogP contribution in [0.25, 0.3) is 0 Å². The van der Waals surface area contributed by atoms with Crippen molar-refractivity contribution in [1.29, 1.82) is 0 Å². The lowest BCUT2D eigenvalue weighted by molar-refractivity contribution is -0.139. The molecule has 2 aliphatic rings. The number of nitrogens with zero attached hydrogens (tertiary/aromatic N) is 2. The highest BCUT2D eigenvalue weighted by molar-refractivity contribution is 5.89. The van der Waals surface area contributed by atoms with Crippen molar-refractivity contribution in [3.05, 3.63) is 35.4 Å². The van der Waals surface area contributed by atoms with Crippen LogP contribution < -0.4 is 0 Å². The quantitative estimate of drug-likeness (QED) is 0.852. The molecule has 3 rings (SSSR count). The van der Waals surface area contributed by atoms with E-state index in [1.165, 1.54) is 12.0 Å². The van der Waals surface area contributed by atoms with Crippen molar-refractivity contribution < 1.29 is 9.59 Å². The van der Waals surface area contributed by atoms with Gasteiger partial charge in [-0.1, -0.05) is 36.8 Å². The van der Waals surface area contributed by atoms with Crippen molar-refractivity contribution in [3.63, 3.8) is 0 Å². The summed E-state index contributed by atoms with van der Waals surface area (Å²) in [6.45, 7) is 6.25. The highest BCUT2D eigenvalue weighted by Gasteiger charge is 2.38. The van der Waals surface area contributed by atoms with Crippen molar-refractivity contribution in [1.82, 2.24) is 9.80 Å². The fraction of sp³-hybridized carbons (Fsp3) is 0.600. The molecule has 0 N–H and O–H groups in total. The van der Waals surface area contributed by atoms with Crippen LogP contribution >= 0.6 is 0 Å². The lowest BCUT2D eigenvalue weighted by Crippen LogP contribution is -2.46. The van der Waals surface area contributed by atoms with E-state index >= 15 is 0 Å². The molecule has 0 aliphatic carbocycles. The Bertz CT molecular complexity index is 613. The molecule has 130 valence electrons. The summed E-state index contributed by atoms with van der Waals surface area (Å²) in [4.78, 5) is 29.2. The van der Waals surface area contributed by atoms with Crippen LogP contribution in [0.4, 0.5) is 0 Å². The molecule has 2 unspecified atom stereocenters. The SMILES string of the molecule is CCC1CCCCN1C(=O)C1CC(=O)N(Cc2cccc(C)c2)C1. The van der Waals surface area contributed by atoms with Gasteiger partial charge in [0.25, 0.3) is 0 Å². The summed E-state index contributed by atoms with van der Waals surface area (Å²) in [5, 5.41) is 0. The summed E-state index contributed by atoms with van der Waals surface area (Å²) >= 11 is 0. The lowest BCUT2D eigenvalue weighted by atomic mass is 9.97. The second-order valence-corrected chi connectivity index (χ2v) is 7.25. The molecule has 0 aromatic heterocycles. The summed E-state index contributed by atoms with van der Waals surface area (Å²) < 4.78 is 0. The van der Waals surface area contributed by atoms with E-state index in [1.54, 1.807) is 0 Å². The fourth-order valence-corrected chi connectivity index (χ4v) is 4.07. The lowest BCUT2D eigenvalue weighted by Gasteiger charge is -2.36. The van der Waals surface area contributed by atoms with Gasteiger partial charge in [0.2, 0.25) is 11.8 Å². The first-order valence-corrected chi connectivity index (χ1v) is 9.22. The largest absolute Gasteiger partial charge is 0.339 e. The maximum Gasteiger partial charge on any atom is 0.228 e. The van der Waals surface area contributed by atoms with E-state index in [0.717, 1.165) is 31.4 Å². The van der Waals surface area contributed by atoms with Crippen LogP contribution in [0.5, 0.6) is 0 Å². The van der Waals surface area contributed by atoms with Gasteiger partial charge in [-0.25, -0.2) is 0 Å². The summed E-state index contributed by atoms with van der Waals surface area (Å²) in [7, 11) is 0. The van der Waals surface area contributed by atoms with Gasteiger partial charge >= 0.3 is 0 Å². The van der Waals surface area contributed by atoms with Gasteiger partial charge in [-0.15, -0.1) is 0 Å². The number of rotatable bonds is 4. The first-order valence-electron chi connectivity index (χ1n) is 9.22. The van der Waals surface area contributed by atoms with Crippen molar-refractivity contribution in [2.45, 2.75) is 58.5 Å². The van der Waals surface area contributed by atoms with Crippen LogP contribution in [0.1, 0.15) is 50.2 Å². The van der Waals surface area contributed by atoms with Crippen molar-refractivity contribution in [2.75, 3.05) is 13.1 Å². The molecular formula is C20H28N2O2. The Morgan fingerprint density at radius 3 is 2.88 bits per heavy atom. The molecule has 2 fully saturated rings. The van der Waals surface area contributed by atoms with Crippen LogP contribution in [0, 0.1) is 12.8 Å². The summed E-state index contributed by atoms with van der Waals surface area (Å²) in [6, 6.07) is 8.61. The van der Waals surface area contributed by atoms with Gasteiger partial charge in [-0.2, -0.15) is 0 Å². The smallest absolute Gasteiger partial charge is 0.228 e. The molecule has 2 aliphatic heterocycles. The number of hydrogen-bond acceptors (Lipinski definition) is 2. The van der Waals surface area contributed by atoms with Gasteiger partial charge in [0.1, 0.15) is 0 Å². The standard InChI is InChI=1S/C20H28N2O2/c1-3-18-9-4-5-10-22(18)20(24)17-12-19(23)21(14-17)13-16-8-6-7-15(2)11-16/h6-8,11,17-18H,3-5,9-10,12-14H2,1-2H3. The highest BCUT2D eigenvalue weighted by atomic mass is 16.2. The van der Waals surface area contributed by atoms with Gasteiger partial charge in [-0.3, -0.25) is 9.59 Å². The van der Waals surface area contributed by atoms with E-state index in [9.17, 15) is 9.59 Å². The van der Waals surface area contributed by atoms with Crippen LogP contribution in [0.3, 0.4) is 0 Å². The predicted molar refractivity (Wildman–Crippen MR) is 94.3 cm³/mol. The number of benzene rings is 1. The zero-order valence-electron chi connectivity index (χ0n) is 14.8. The molecule has 0 saturated carbocycles. The molecule has 1 aromatic rings. The third kappa shape index (κ3) is 3.63. The third-order valence-electron chi connectivity index (χ3n) is 5.40. The first-order chi connectivity index (χ1) is 11.6. The van der Waals surface area contributed by atoms with Gasteiger partial charge in [0.15, 0.2) is 0 Å². The van der Waals surface area contributed by atoms with Gasteiger partial charge in [0, 0.05) is 32.1 Å². The highest BCUT2D eigenvalue weighted by Crippen LogP contribution is 2.27. The summed E-state index contributed by atoms with van der Waals surface area (Å²) in [5.41, 5.74) is 2.34. The van der Waals surface area contributed by atoms with Crippen LogP contribution in [0.2, 0.25) is 0 Å². The zero-order chi connectivity index (χ0) is 17.1. The van der Waals surface area contributed by atoms with Crippen LogP contribution in [-0.4, -0.2) is 40.7 Å². The maximum atomic E-state index is 12.9. The Morgan fingerprint density at radius 1 is 1.29 bits per heavy atom. The molecule has 24 heavy (non-hydrogen) atoms.